The second kappa shape index (κ2) is 10.1. The van der Waals surface area contributed by atoms with E-state index >= 15 is 0 Å². The summed E-state index contributed by atoms with van der Waals surface area (Å²) in [4.78, 5) is 36.4. The summed E-state index contributed by atoms with van der Waals surface area (Å²) in [5.74, 6) is -1.30. The van der Waals surface area contributed by atoms with E-state index in [4.69, 9.17) is 9.15 Å². The van der Waals surface area contributed by atoms with Crippen LogP contribution in [-0.4, -0.2) is 43.1 Å². The van der Waals surface area contributed by atoms with E-state index in [1.807, 2.05) is 18.2 Å². The lowest BCUT2D eigenvalue weighted by Gasteiger charge is -2.14. The van der Waals surface area contributed by atoms with Crippen molar-refractivity contribution < 1.29 is 28.6 Å². The maximum Gasteiger partial charge on any atom is 0.326 e. The molecule has 3 aromatic carbocycles. The molecule has 4 aromatic rings. The summed E-state index contributed by atoms with van der Waals surface area (Å²) in [5.41, 5.74) is 3.53. The molecular weight excluding hydrogens is 448 g/mol. The number of methoxy groups -OCH3 is 1. The first-order chi connectivity index (χ1) is 16.9. The number of carbonyl (C=O) groups excluding carboxylic acids is 2. The van der Waals surface area contributed by atoms with Crippen molar-refractivity contribution in [3.63, 3.8) is 0 Å². The number of amides is 2. The zero-order valence-electron chi connectivity index (χ0n) is 19.2. The molecule has 0 fully saturated rings. The number of furan rings is 1. The van der Waals surface area contributed by atoms with Gasteiger partial charge < -0.3 is 24.9 Å². The molecule has 0 saturated carbocycles. The molecule has 8 nitrogen and oxygen atoms in total. The van der Waals surface area contributed by atoms with Gasteiger partial charge in [-0.1, -0.05) is 36.4 Å². The molecule has 0 aliphatic rings. The topological polar surface area (TPSA) is 118 Å². The van der Waals surface area contributed by atoms with Crippen LogP contribution in [-0.2, 0) is 11.2 Å². The maximum absolute atomic E-state index is 12.7. The van der Waals surface area contributed by atoms with Gasteiger partial charge in [0.2, 0.25) is 0 Å². The second-order valence-corrected chi connectivity index (χ2v) is 7.94. The Balaban J connectivity index is 1.47. The van der Waals surface area contributed by atoms with Crippen LogP contribution >= 0.6 is 0 Å². The van der Waals surface area contributed by atoms with Gasteiger partial charge in [0.15, 0.2) is 5.76 Å². The number of benzene rings is 3. The monoisotopic (exact) mass is 472 g/mol. The molecule has 2 amide bonds. The Labute approximate surface area is 201 Å². The number of aliphatic carboxylic acids is 1. The summed E-state index contributed by atoms with van der Waals surface area (Å²) in [6.07, 6.45) is 0.0910. The fourth-order valence-electron chi connectivity index (χ4n) is 3.74. The predicted octanol–water partition coefficient (Wildman–Crippen LogP) is 3.89. The van der Waals surface area contributed by atoms with Gasteiger partial charge in [-0.3, -0.25) is 9.59 Å². The maximum atomic E-state index is 12.7. The highest BCUT2D eigenvalue weighted by molar-refractivity contribution is 5.98. The van der Waals surface area contributed by atoms with Crippen molar-refractivity contribution in [3.05, 3.63) is 89.7 Å². The van der Waals surface area contributed by atoms with Crippen LogP contribution < -0.4 is 15.4 Å². The number of ether oxygens (including phenoxy) is 1. The van der Waals surface area contributed by atoms with Gasteiger partial charge in [0.25, 0.3) is 11.8 Å². The molecule has 0 spiro atoms. The van der Waals surface area contributed by atoms with E-state index in [0.29, 0.717) is 22.3 Å². The van der Waals surface area contributed by atoms with Crippen LogP contribution in [0.15, 0.2) is 77.2 Å². The van der Waals surface area contributed by atoms with Crippen molar-refractivity contribution in [3.8, 4) is 16.9 Å². The zero-order valence-corrected chi connectivity index (χ0v) is 19.2. The Bertz CT molecular complexity index is 1390. The van der Waals surface area contributed by atoms with Gasteiger partial charge in [0, 0.05) is 24.4 Å². The fraction of sp³-hybridized carbons (Fsp3) is 0.148. The van der Waals surface area contributed by atoms with Gasteiger partial charge in [-0.25, -0.2) is 4.79 Å². The lowest BCUT2D eigenvalue weighted by Crippen LogP contribution is -2.42. The van der Waals surface area contributed by atoms with Crippen LogP contribution in [0, 0.1) is 0 Å². The third kappa shape index (κ3) is 5.33. The summed E-state index contributed by atoms with van der Waals surface area (Å²) in [6.45, 7) is 0. The molecule has 0 bridgehead atoms. The molecule has 1 aromatic heterocycles. The van der Waals surface area contributed by atoms with Crippen molar-refractivity contribution in [1.82, 2.24) is 10.6 Å². The van der Waals surface area contributed by atoms with Crippen LogP contribution in [0.25, 0.3) is 22.1 Å². The van der Waals surface area contributed by atoms with Crippen LogP contribution in [0.2, 0.25) is 0 Å². The Hall–Kier alpha value is -4.59. The largest absolute Gasteiger partial charge is 0.497 e. The van der Waals surface area contributed by atoms with Crippen molar-refractivity contribution in [2.24, 2.45) is 0 Å². The van der Waals surface area contributed by atoms with E-state index in [1.54, 1.807) is 68.8 Å². The smallest absolute Gasteiger partial charge is 0.326 e. The van der Waals surface area contributed by atoms with Crippen molar-refractivity contribution in [2.45, 2.75) is 12.5 Å². The first-order valence-electron chi connectivity index (χ1n) is 10.9. The Morgan fingerprint density at radius 1 is 0.943 bits per heavy atom. The van der Waals surface area contributed by atoms with Crippen LogP contribution in [0.3, 0.4) is 0 Å². The second-order valence-electron chi connectivity index (χ2n) is 7.94. The van der Waals surface area contributed by atoms with Crippen LogP contribution in [0.1, 0.15) is 26.5 Å². The SMILES string of the molecule is CNC(=O)c1cccc(-c2ccc(CC(NC(=O)c3cc4cc(OC)ccc4o3)C(=O)O)cc2)c1. The number of carbonyl (C=O) groups is 3. The van der Waals surface area contributed by atoms with E-state index in [1.165, 1.54) is 0 Å². The molecule has 0 radical (unpaired) electrons. The molecule has 1 unspecified atom stereocenters. The van der Waals surface area contributed by atoms with E-state index in [-0.39, 0.29) is 18.1 Å². The first-order valence-corrected chi connectivity index (χ1v) is 10.9. The minimum Gasteiger partial charge on any atom is -0.497 e. The molecule has 35 heavy (non-hydrogen) atoms. The number of hydrogen-bond donors (Lipinski definition) is 3. The lowest BCUT2D eigenvalue weighted by atomic mass is 9.99. The molecule has 8 heteroatoms. The predicted molar refractivity (Wildman–Crippen MR) is 131 cm³/mol. The molecule has 1 atom stereocenters. The lowest BCUT2D eigenvalue weighted by molar-refractivity contribution is -0.139. The summed E-state index contributed by atoms with van der Waals surface area (Å²) >= 11 is 0. The normalized spacial score (nSPS) is 11.6. The summed E-state index contributed by atoms with van der Waals surface area (Å²) in [5, 5.41) is 15.5. The summed E-state index contributed by atoms with van der Waals surface area (Å²) in [6, 6.07) is 20.1. The number of rotatable bonds is 8. The van der Waals surface area contributed by atoms with Gasteiger partial charge in [-0.2, -0.15) is 0 Å². The van der Waals surface area contributed by atoms with E-state index in [2.05, 4.69) is 10.6 Å². The number of hydrogen-bond acceptors (Lipinski definition) is 5. The molecule has 178 valence electrons. The zero-order chi connectivity index (χ0) is 24.9. The van der Waals surface area contributed by atoms with Gasteiger partial charge in [0.1, 0.15) is 17.4 Å². The molecule has 4 rings (SSSR count). The van der Waals surface area contributed by atoms with Crippen molar-refractivity contribution >= 4 is 28.8 Å². The highest BCUT2D eigenvalue weighted by atomic mass is 16.5. The summed E-state index contributed by atoms with van der Waals surface area (Å²) < 4.78 is 10.7. The number of carboxylic acids is 1. The summed E-state index contributed by atoms with van der Waals surface area (Å²) in [7, 11) is 3.12. The van der Waals surface area contributed by atoms with E-state index in [0.717, 1.165) is 16.7 Å². The van der Waals surface area contributed by atoms with E-state index < -0.39 is 17.9 Å². The Kier molecular flexibility index (Phi) is 6.82. The standard InChI is InChI=1S/C27H24N2O6/c1-28-25(30)19-5-3-4-18(13-19)17-8-6-16(7-9-17)12-22(27(32)33)29-26(31)24-15-20-14-21(34-2)10-11-23(20)35-24/h3-11,13-15,22H,12H2,1-2H3,(H,28,30)(H,29,31)(H,32,33). The molecule has 0 aliphatic carbocycles. The number of carboxylic acid groups (broad SMARTS) is 1. The quantitative estimate of drug-likeness (QED) is 0.358. The first kappa shape index (κ1) is 23.6. The third-order valence-electron chi connectivity index (χ3n) is 5.63. The van der Waals surface area contributed by atoms with Gasteiger partial charge >= 0.3 is 5.97 Å². The number of fused-ring (bicyclic) bond motifs is 1. The highest BCUT2D eigenvalue weighted by Gasteiger charge is 2.23. The molecule has 0 aliphatic heterocycles. The fourth-order valence-corrected chi connectivity index (χ4v) is 3.74. The molecular formula is C27H24N2O6. The van der Waals surface area contributed by atoms with Crippen LogP contribution in [0.4, 0.5) is 0 Å². The molecule has 1 heterocycles. The van der Waals surface area contributed by atoms with Gasteiger partial charge in [-0.15, -0.1) is 0 Å². The van der Waals surface area contributed by atoms with Crippen molar-refractivity contribution in [2.75, 3.05) is 14.2 Å². The molecule has 0 saturated heterocycles. The number of nitrogens with one attached hydrogen (secondary N) is 2. The van der Waals surface area contributed by atoms with Gasteiger partial charge in [-0.05, 0) is 53.1 Å². The minimum atomic E-state index is -1.15. The highest BCUT2D eigenvalue weighted by Crippen LogP contribution is 2.25. The van der Waals surface area contributed by atoms with E-state index in [9.17, 15) is 19.5 Å². The van der Waals surface area contributed by atoms with Crippen molar-refractivity contribution in [1.29, 1.82) is 0 Å². The van der Waals surface area contributed by atoms with Crippen LogP contribution in [0.5, 0.6) is 5.75 Å². The average Bonchev–Trinajstić information content (AvgIpc) is 3.31. The Morgan fingerprint density at radius 3 is 2.40 bits per heavy atom. The average molecular weight is 472 g/mol. The third-order valence-corrected chi connectivity index (χ3v) is 5.63. The van der Waals surface area contributed by atoms with Gasteiger partial charge in [0.05, 0.1) is 7.11 Å². The molecule has 3 N–H and O–H groups in total. The Morgan fingerprint density at radius 2 is 1.71 bits per heavy atom. The minimum absolute atomic E-state index is 0.0193.